The highest BCUT2D eigenvalue weighted by Crippen LogP contribution is 2.31. The highest BCUT2D eigenvalue weighted by atomic mass is 32.2. The van der Waals surface area contributed by atoms with Crippen molar-refractivity contribution in [2.75, 3.05) is 13.1 Å². The van der Waals surface area contributed by atoms with Gasteiger partial charge in [0.15, 0.2) is 0 Å². The lowest BCUT2D eigenvalue weighted by atomic mass is 9.93. The van der Waals surface area contributed by atoms with E-state index in [0.717, 1.165) is 42.7 Å². The molecule has 0 unspecified atom stereocenters. The summed E-state index contributed by atoms with van der Waals surface area (Å²) in [4.78, 5) is 5.14. The summed E-state index contributed by atoms with van der Waals surface area (Å²) < 4.78 is 29.8. The van der Waals surface area contributed by atoms with E-state index in [0.29, 0.717) is 23.2 Å². The smallest absolute Gasteiger partial charge is 0.252 e. The summed E-state index contributed by atoms with van der Waals surface area (Å²) in [6.45, 7) is 6.23. The van der Waals surface area contributed by atoms with Crippen molar-refractivity contribution in [1.82, 2.24) is 13.9 Å². The van der Waals surface area contributed by atoms with Crippen molar-refractivity contribution in [3.63, 3.8) is 0 Å². The summed E-state index contributed by atoms with van der Waals surface area (Å²) in [5.74, 6) is 0.631. The molecule has 1 fully saturated rings. The van der Waals surface area contributed by atoms with Crippen LogP contribution in [0.2, 0.25) is 0 Å². The molecule has 0 aliphatic carbocycles. The Kier molecular flexibility index (Phi) is 5.42. The minimum Gasteiger partial charge on any atom is -0.337 e. The van der Waals surface area contributed by atoms with E-state index >= 15 is 0 Å². The molecule has 2 aromatic rings. The molecule has 132 valence electrons. The van der Waals surface area contributed by atoms with Crippen molar-refractivity contribution in [3.05, 3.63) is 35.2 Å². The number of hydrogen-bond donors (Lipinski definition) is 0. The number of rotatable bonds is 6. The van der Waals surface area contributed by atoms with Gasteiger partial charge in [-0.25, -0.2) is 13.4 Å². The molecule has 0 bridgehead atoms. The normalized spacial score (nSPS) is 17.4. The number of sulfonamides is 1. The Morgan fingerprint density at radius 3 is 2.62 bits per heavy atom. The number of hydrogen-bond acceptors (Lipinski definition) is 4. The Bertz CT molecular complexity index is 738. The van der Waals surface area contributed by atoms with Crippen LogP contribution < -0.4 is 0 Å². The van der Waals surface area contributed by atoms with Crippen LogP contribution in [0.15, 0.2) is 29.0 Å². The van der Waals surface area contributed by atoms with Gasteiger partial charge >= 0.3 is 0 Å². The molecule has 0 aromatic carbocycles. The molecular weight excluding hydrogens is 342 g/mol. The summed E-state index contributed by atoms with van der Waals surface area (Å²) in [6, 6.07) is 1.81. The molecule has 0 N–H and O–H groups in total. The van der Waals surface area contributed by atoms with Crippen LogP contribution in [0.4, 0.5) is 0 Å². The van der Waals surface area contributed by atoms with Crippen LogP contribution in [-0.2, 0) is 16.6 Å². The number of aryl methyl sites for hydroxylation is 3. The summed E-state index contributed by atoms with van der Waals surface area (Å²) in [6.07, 6.45) is 9.84. The second kappa shape index (κ2) is 7.37. The molecule has 0 radical (unpaired) electrons. The summed E-state index contributed by atoms with van der Waals surface area (Å²) in [7, 11) is -3.30. The maximum Gasteiger partial charge on any atom is 0.252 e. The van der Waals surface area contributed by atoms with Crippen LogP contribution >= 0.6 is 11.3 Å². The third-order valence-corrected chi connectivity index (χ3v) is 8.40. The van der Waals surface area contributed by atoms with Crippen molar-refractivity contribution >= 4 is 21.4 Å². The first-order chi connectivity index (χ1) is 11.5. The second-order valence-corrected chi connectivity index (χ2v) is 10.0. The van der Waals surface area contributed by atoms with Gasteiger partial charge in [-0.05, 0) is 57.1 Å². The second-order valence-electron chi connectivity index (χ2n) is 6.59. The van der Waals surface area contributed by atoms with E-state index in [1.54, 1.807) is 10.5 Å². The van der Waals surface area contributed by atoms with Gasteiger partial charge in [0.2, 0.25) is 0 Å². The molecule has 1 aliphatic rings. The number of nitrogens with zero attached hydrogens (tertiary/aromatic N) is 3. The van der Waals surface area contributed by atoms with Gasteiger partial charge in [0.25, 0.3) is 10.0 Å². The van der Waals surface area contributed by atoms with Crippen molar-refractivity contribution < 1.29 is 8.42 Å². The predicted octanol–water partition coefficient (Wildman–Crippen LogP) is 3.44. The van der Waals surface area contributed by atoms with Crippen LogP contribution in [-0.4, -0.2) is 35.4 Å². The average molecular weight is 368 g/mol. The van der Waals surface area contributed by atoms with Gasteiger partial charge < -0.3 is 4.57 Å². The first-order valence-electron chi connectivity index (χ1n) is 8.50. The predicted molar refractivity (Wildman–Crippen MR) is 96.7 cm³/mol. The van der Waals surface area contributed by atoms with Crippen molar-refractivity contribution in [2.24, 2.45) is 5.92 Å². The van der Waals surface area contributed by atoms with Crippen molar-refractivity contribution in [1.29, 1.82) is 0 Å². The molecule has 0 atom stereocenters. The van der Waals surface area contributed by atoms with Crippen LogP contribution in [0, 0.1) is 19.8 Å². The van der Waals surface area contributed by atoms with E-state index in [2.05, 4.69) is 9.55 Å². The Hall–Kier alpha value is -1.18. The zero-order chi connectivity index (χ0) is 17.2. The van der Waals surface area contributed by atoms with Crippen LogP contribution in [0.3, 0.4) is 0 Å². The summed E-state index contributed by atoms with van der Waals surface area (Å²) in [5.41, 5.74) is 1.06. The van der Waals surface area contributed by atoms with Gasteiger partial charge in [0, 0.05) is 36.9 Å². The zero-order valence-electron chi connectivity index (χ0n) is 14.3. The standard InChI is InChI=1S/C17H25N3O2S2/c1-14-12-17(23-15(14)2)24(21,22)20-9-5-16(6-10-20)4-3-8-19-11-7-18-13-19/h7,11-13,16H,3-6,8-10H2,1-2H3. The highest BCUT2D eigenvalue weighted by molar-refractivity contribution is 7.91. The van der Waals surface area contributed by atoms with E-state index in [9.17, 15) is 8.42 Å². The van der Waals surface area contributed by atoms with E-state index in [1.807, 2.05) is 32.4 Å². The maximum absolute atomic E-state index is 12.8. The lowest BCUT2D eigenvalue weighted by molar-refractivity contribution is 0.258. The average Bonchev–Trinajstić information content (AvgIpc) is 3.19. The molecule has 1 saturated heterocycles. The van der Waals surface area contributed by atoms with E-state index in [4.69, 9.17) is 0 Å². The van der Waals surface area contributed by atoms with Gasteiger partial charge in [-0.2, -0.15) is 4.31 Å². The van der Waals surface area contributed by atoms with E-state index in [-0.39, 0.29) is 0 Å². The minimum absolute atomic E-state index is 0.496. The lowest BCUT2D eigenvalue weighted by Gasteiger charge is -2.30. The summed E-state index contributed by atoms with van der Waals surface area (Å²) in [5, 5.41) is 0. The number of piperidine rings is 1. The van der Waals surface area contributed by atoms with Crippen LogP contribution in [0.25, 0.3) is 0 Å². The minimum atomic E-state index is -3.30. The fourth-order valence-corrected chi connectivity index (χ4v) is 6.36. The molecule has 24 heavy (non-hydrogen) atoms. The largest absolute Gasteiger partial charge is 0.337 e. The molecular formula is C17H25N3O2S2. The Labute approximate surface area is 148 Å². The Morgan fingerprint density at radius 1 is 1.29 bits per heavy atom. The lowest BCUT2D eigenvalue weighted by Crippen LogP contribution is -2.38. The topological polar surface area (TPSA) is 55.2 Å². The first kappa shape index (κ1) is 17.6. The van der Waals surface area contributed by atoms with E-state index < -0.39 is 10.0 Å². The Balaban J connectivity index is 1.51. The van der Waals surface area contributed by atoms with Crippen LogP contribution in [0.1, 0.15) is 36.1 Å². The molecule has 0 spiro atoms. The van der Waals surface area contributed by atoms with E-state index in [1.165, 1.54) is 11.3 Å². The molecule has 3 rings (SSSR count). The first-order valence-corrected chi connectivity index (χ1v) is 10.8. The third kappa shape index (κ3) is 3.90. The molecule has 1 aliphatic heterocycles. The van der Waals surface area contributed by atoms with Gasteiger partial charge in [-0.15, -0.1) is 11.3 Å². The quantitative estimate of drug-likeness (QED) is 0.786. The van der Waals surface area contributed by atoms with Crippen molar-refractivity contribution in [3.8, 4) is 0 Å². The fraction of sp³-hybridized carbons (Fsp3) is 0.588. The number of imidazole rings is 1. The highest BCUT2D eigenvalue weighted by Gasteiger charge is 2.30. The molecule has 2 aromatic heterocycles. The molecule has 3 heterocycles. The SMILES string of the molecule is Cc1cc(S(=O)(=O)N2CCC(CCCn3ccnc3)CC2)sc1C. The van der Waals surface area contributed by atoms with Crippen molar-refractivity contribution in [2.45, 2.75) is 50.3 Å². The van der Waals surface area contributed by atoms with Gasteiger partial charge in [-0.3, -0.25) is 0 Å². The fourth-order valence-electron chi connectivity index (χ4n) is 3.21. The molecule has 5 nitrogen and oxygen atoms in total. The zero-order valence-corrected chi connectivity index (χ0v) is 15.9. The molecule has 7 heteroatoms. The number of aromatic nitrogens is 2. The third-order valence-electron chi connectivity index (χ3n) is 4.90. The van der Waals surface area contributed by atoms with Gasteiger partial charge in [0.05, 0.1) is 6.33 Å². The monoisotopic (exact) mass is 367 g/mol. The maximum atomic E-state index is 12.8. The number of thiophene rings is 1. The van der Waals surface area contributed by atoms with Gasteiger partial charge in [-0.1, -0.05) is 0 Å². The van der Waals surface area contributed by atoms with Crippen LogP contribution in [0.5, 0.6) is 0 Å². The molecule has 0 amide bonds. The molecule has 0 saturated carbocycles. The Morgan fingerprint density at radius 2 is 2.04 bits per heavy atom. The van der Waals surface area contributed by atoms with Gasteiger partial charge in [0.1, 0.15) is 4.21 Å². The summed E-state index contributed by atoms with van der Waals surface area (Å²) >= 11 is 1.39.